The number of hydrogen-bond acceptors (Lipinski definition) is 10. The first-order valence-corrected chi connectivity index (χ1v) is 17.2. The van der Waals surface area contributed by atoms with E-state index >= 15 is 0 Å². The highest BCUT2D eigenvalue weighted by atomic mass is 19.4. The van der Waals surface area contributed by atoms with Crippen molar-refractivity contribution in [2.45, 2.75) is 64.0 Å². The SMILES string of the molecule is CCOC(=O)CN(C)c1ccc(C(=O)Nc2nc3nc(-c4cc(C5CC5)nc(C(F)(F)F)c4)cc(N(C)CC4(COC)CCCCC4)c3[nH]2)nc1. The molecule has 0 aromatic carbocycles. The molecule has 0 bridgehead atoms. The lowest BCUT2D eigenvalue weighted by Gasteiger charge is -2.40. The minimum atomic E-state index is -4.62. The van der Waals surface area contributed by atoms with E-state index in [1.807, 2.05) is 7.05 Å². The Kier molecular flexibility index (Phi) is 10.5. The van der Waals surface area contributed by atoms with Crippen molar-refractivity contribution in [3.05, 3.63) is 53.6 Å². The molecule has 0 saturated heterocycles. The van der Waals surface area contributed by atoms with Gasteiger partial charge in [0.25, 0.3) is 5.91 Å². The van der Waals surface area contributed by atoms with Gasteiger partial charge in [0, 0.05) is 50.3 Å². The smallest absolute Gasteiger partial charge is 0.433 e. The number of carbonyl (C=O) groups is 2. The van der Waals surface area contributed by atoms with Crippen LogP contribution >= 0.6 is 0 Å². The van der Waals surface area contributed by atoms with E-state index in [1.54, 1.807) is 44.2 Å². The summed E-state index contributed by atoms with van der Waals surface area (Å²) in [4.78, 5) is 49.5. The molecular formula is C36H43F3N8O4. The Labute approximate surface area is 294 Å². The Morgan fingerprint density at radius 3 is 2.45 bits per heavy atom. The van der Waals surface area contributed by atoms with Crippen molar-refractivity contribution < 1.29 is 32.2 Å². The number of anilines is 3. The van der Waals surface area contributed by atoms with E-state index in [0.29, 0.717) is 47.0 Å². The largest absolute Gasteiger partial charge is 0.465 e. The number of carbonyl (C=O) groups excluding carboxylic acids is 2. The topological polar surface area (TPSA) is 138 Å². The summed E-state index contributed by atoms with van der Waals surface area (Å²) in [7, 11) is 5.36. The highest BCUT2D eigenvalue weighted by Crippen LogP contribution is 2.43. The lowest BCUT2D eigenvalue weighted by atomic mass is 9.74. The first kappa shape index (κ1) is 36.0. The van der Waals surface area contributed by atoms with Gasteiger partial charge in [-0.2, -0.15) is 18.2 Å². The molecule has 2 aliphatic rings. The van der Waals surface area contributed by atoms with Crippen LogP contribution in [0.2, 0.25) is 0 Å². The van der Waals surface area contributed by atoms with E-state index in [0.717, 1.165) is 51.0 Å². The Bertz CT molecular complexity index is 1870. The number of likely N-dealkylation sites (N-methyl/N-ethyl adjacent to an activating group) is 1. The summed E-state index contributed by atoms with van der Waals surface area (Å²) in [5.41, 5.74) is 2.11. The van der Waals surface area contributed by atoms with E-state index in [2.05, 4.69) is 30.2 Å². The third-order valence-electron chi connectivity index (χ3n) is 9.54. The number of hydrogen-bond donors (Lipinski definition) is 2. The van der Waals surface area contributed by atoms with E-state index in [9.17, 15) is 22.8 Å². The molecule has 51 heavy (non-hydrogen) atoms. The third kappa shape index (κ3) is 8.41. The van der Waals surface area contributed by atoms with Crippen LogP contribution in [0.3, 0.4) is 0 Å². The van der Waals surface area contributed by atoms with Crippen molar-refractivity contribution in [3.8, 4) is 11.3 Å². The summed E-state index contributed by atoms with van der Waals surface area (Å²) in [6.45, 7) is 3.25. The van der Waals surface area contributed by atoms with Gasteiger partial charge >= 0.3 is 12.1 Å². The van der Waals surface area contributed by atoms with Crippen LogP contribution in [0.5, 0.6) is 0 Å². The van der Waals surface area contributed by atoms with Gasteiger partial charge in [0.2, 0.25) is 5.95 Å². The Hall–Kier alpha value is -4.79. The highest BCUT2D eigenvalue weighted by Gasteiger charge is 2.37. The van der Waals surface area contributed by atoms with Crippen molar-refractivity contribution in [2.75, 3.05) is 62.6 Å². The van der Waals surface area contributed by atoms with Gasteiger partial charge in [-0.25, -0.2) is 15.0 Å². The molecule has 0 atom stereocenters. The van der Waals surface area contributed by atoms with Gasteiger partial charge in [-0.1, -0.05) is 19.3 Å². The molecule has 4 aromatic rings. The summed E-state index contributed by atoms with van der Waals surface area (Å²) in [6.07, 6.45) is 3.77. The maximum atomic E-state index is 14.0. The fraction of sp³-hybridized carbons (Fsp3) is 0.500. The zero-order chi connectivity index (χ0) is 36.3. The van der Waals surface area contributed by atoms with Crippen LogP contribution in [0.1, 0.15) is 79.7 Å². The monoisotopic (exact) mass is 708 g/mol. The molecule has 0 radical (unpaired) electrons. The first-order chi connectivity index (χ1) is 24.4. The second-order valence-corrected chi connectivity index (χ2v) is 13.6. The van der Waals surface area contributed by atoms with Crippen LogP contribution in [0, 0.1) is 5.41 Å². The number of halogens is 3. The zero-order valence-corrected chi connectivity index (χ0v) is 29.3. The number of amides is 1. The van der Waals surface area contributed by atoms with Crippen LogP contribution < -0.4 is 15.1 Å². The number of ether oxygens (including phenoxy) is 2. The third-order valence-corrected chi connectivity index (χ3v) is 9.54. The summed E-state index contributed by atoms with van der Waals surface area (Å²) in [5.74, 6) is -0.824. The number of nitrogens with one attached hydrogen (secondary N) is 2. The molecular weight excluding hydrogens is 665 g/mol. The number of alkyl halides is 3. The predicted octanol–water partition coefficient (Wildman–Crippen LogP) is 6.60. The Balaban J connectivity index is 1.34. The van der Waals surface area contributed by atoms with Gasteiger partial charge in [0.05, 0.1) is 36.5 Å². The number of rotatable bonds is 13. The Morgan fingerprint density at radius 1 is 1.04 bits per heavy atom. The first-order valence-electron chi connectivity index (χ1n) is 17.2. The van der Waals surface area contributed by atoms with Crippen molar-refractivity contribution in [1.29, 1.82) is 0 Å². The molecule has 2 aliphatic carbocycles. The number of fused-ring (bicyclic) bond motifs is 1. The zero-order valence-electron chi connectivity index (χ0n) is 29.3. The summed E-state index contributed by atoms with van der Waals surface area (Å²) < 4.78 is 52.7. The van der Waals surface area contributed by atoms with Crippen LogP contribution in [-0.2, 0) is 20.4 Å². The number of imidazole rings is 1. The average molecular weight is 709 g/mol. The van der Waals surface area contributed by atoms with Gasteiger partial charge in [-0.15, -0.1) is 0 Å². The highest BCUT2D eigenvalue weighted by molar-refractivity contribution is 6.03. The van der Waals surface area contributed by atoms with Gasteiger partial charge in [0.15, 0.2) is 5.65 Å². The molecule has 2 saturated carbocycles. The molecule has 272 valence electrons. The fourth-order valence-electron chi connectivity index (χ4n) is 6.87. The van der Waals surface area contributed by atoms with Gasteiger partial charge < -0.3 is 24.3 Å². The maximum absolute atomic E-state index is 14.0. The summed E-state index contributed by atoms with van der Waals surface area (Å²) >= 11 is 0. The number of aromatic amines is 1. The molecule has 0 aliphatic heterocycles. The molecule has 0 spiro atoms. The van der Waals surface area contributed by atoms with Crippen molar-refractivity contribution >= 4 is 40.4 Å². The van der Waals surface area contributed by atoms with Crippen LogP contribution in [0.4, 0.5) is 30.5 Å². The van der Waals surface area contributed by atoms with Crippen LogP contribution in [0.15, 0.2) is 36.5 Å². The molecule has 12 nitrogen and oxygen atoms in total. The molecule has 1 amide bonds. The van der Waals surface area contributed by atoms with Gasteiger partial charge in [-0.05, 0) is 62.9 Å². The molecule has 2 N–H and O–H groups in total. The van der Waals surface area contributed by atoms with Crippen LogP contribution in [0.25, 0.3) is 22.4 Å². The predicted molar refractivity (Wildman–Crippen MR) is 187 cm³/mol. The molecule has 15 heteroatoms. The number of aromatic nitrogens is 5. The van der Waals surface area contributed by atoms with Crippen molar-refractivity contribution in [3.63, 3.8) is 0 Å². The van der Waals surface area contributed by atoms with Crippen LogP contribution in [-0.4, -0.2) is 84.3 Å². The summed E-state index contributed by atoms with van der Waals surface area (Å²) in [5, 5.41) is 2.75. The average Bonchev–Trinajstić information content (AvgIpc) is 3.87. The standard InChI is InChI=1S/C36H43F3N8O4/c1-5-51-30(48)19-46(2)24-11-12-25(40-18-24)33(49)45-34-43-31-28(47(3)20-35(21-50-4)13-7-6-8-14-35)17-27(42-32(31)44-34)23-15-26(22-9-10-22)41-29(16-23)36(37,38)39/h11-12,15-18,22H,5-10,13-14,19-21H2,1-4H3,(H2,42,43,44,45,49). The van der Waals surface area contributed by atoms with E-state index in [4.69, 9.17) is 14.5 Å². The van der Waals surface area contributed by atoms with Gasteiger partial charge in [-0.3, -0.25) is 14.9 Å². The quantitative estimate of drug-likeness (QED) is 0.146. The van der Waals surface area contributed by atoms with E-state index < -0.39 is 17.8 Å². The second-order valence-electron chi connectivity index (χ2n) is 13.6. The number of H-pyrrole nitrogens is 1. The molecule has 4 aromatic heterocycles. The minimum absolute atomic E-state index is 0.00929. The van der Waals surface area contributed by atoms with Gasteiger partial charge in [0.1, 0.15) is 23.4 Å². The molecule has 6 rings (SSSR count). The molecule has 2 fully saturated rings. The number of nitrogens with zero attached hydrogens (tertiary/aromatic N) is 6. The molecule has 0 unspecified atom stereocenters. The minimum Gasteiger partial charge on any atom is -0.465 e. The number of esters is 1. The second kappa shape index (κ2) is 14.8. The lowest BCUT2D eigenvalue weighted by Crippen LogP contribution is -2.40. The normalized spacial score (nSPS) is 15.8. The Morgan fingerprint density at radius 2 is 1.80 bits per heavy atom. The number of pyridine rings is 3. The molecule has 4 heterocycles. The van der Waals surface area contributed by atoms with Crippen molar-refractivity contribution in [1.82, 2.24) is 24.9 Å². The maximum Gasteiger partial charge on any atom is 0.433 e. The van der Waals surface area contributed by atoms with Crippen molar-refractivity contribution in [2.24, 2.45) is 5.41 Å². The summed E-state index contributed by atoms with van der Waals surface area (Å²) in [6, 6.07) is 7.69. The van der Waals surface area contributed by atoms with E-state index in [-0.39, 0.29) is 47.7 Å². The fourth-order valence-corrected chi connectivity index (χ4v) is 6.87. The number of methoxy groups -OCH3 is 1. The van der Waals surface area contributed by atoms with E-state index in [1.165, 1.54) is 12.3 Å². The lowest BCUT2D eigenvalue weighted by molar-refractivity contribution is -0.142.